The van der Waals surface area contributed by atoms with Gasteiger partial charge < -0.3 is 9.88 Å². The molecular weight excluding hydrogens is 384 g/mol. The Kier molecular flexibility index (Phi) is 5.07. The van der Waals surface area contributed by atoms with Crippen molar-refractivity contribution in [2.75, 3.05) is 6.54 Å². The molecule has 0 spiro atoms. The third-order valence-electron chi connectivity index (χ3n) is 4.98. The highest BCUT2D eigenvalue weighted by atomic mass is 32.1. The molecule has 0 aliphatic rings. The van der Waals surface area contributed by atoms with Gasteiger partial charge in [0.25, 0.3) is 11.5 Å². The van der Waals surface area contributed by atoms with Gasteiger partial charge in [0.05, 0.1) is 10.6 Å². The lowest BCUT2D eigenvalue weighted by atomic mass is 10.0. The molecule has 0 unspecified atom stereocenters. The summed E-state index contributed by atoms with van der Waals surface area (Å²) in [6.07, 6.45) is 3.48. The summed E-state index contributed by atoms with van der Waals surface area (Å²) in [5.74, 6) is -0.104. The zero-order valence-electron chi connectivity index (χ0n) is 16.6. The van der Waals surface area contributed by atoms with Crippen LogP contribution in [0.5, 0.6) is 0 Å². The molecule has 0 saturated carbocycles. The molecule has 1 N–H and O–H groups in total. The van der Waals surface area contributed by atoms with Crippen molar-refractivity contribution in [2.24, 2.45) is 0 Å². The van der Waals surface area contributed by atoms with Gasteiger partial charge in [-0.2, -0.15) is 5.10 Å². The van der Waals surface area contributed by atoms with Crippen LogP contribution in [-0.4, -0.2) is 26.6 Å². The van der Waals surface area contributed by atoms with Gasteiger partial charge in [-0.05, 0) is 55.5 Å². The van der Waals surface area contributed by atoms with E-state index in [2.05, 4.69) is 28.6 Å². The lowest BCUT2D eigenvalue weighted by Crippen LogP contribution is -2.31. The molecular formula is C22H22N4O2S. The second-order valence-electron chi connectivity index (χ2n) is 7.16. The first-order valence-corrected chi connectivity index (χ1v) is 10.3. The van der Waals surface area contributed by atoms with E-state index < -0.39 is 0 Å². The predicted molar refractivity (Wildman–Crippen MR) is 116 cm³/mol. The molecule has 0 radical (unpaired) electrons. The fraction of sp³-hybridized carbons (Fsp3) is 0.227. The molecule has 0 fully saturated rings. The van der Waals surface area contributed by atoms with Crippen LogP contribution in [-0.2, 0) is 6.54 Å². The SMILES string of the molecule is Cc1ccc(C)c(-c2cc3c(=O)n(CCNC(=O)c4sccc4C)ccn3n2)c1. The van der Waals surface area contributed by atoms with Crippen LogP contribution in [0.3, 0.4) is 0 Å². The number of rotatable bonds is 5. The number of hydrogen-bond donors (Lipinski definition) is 1. The highest BCUT2D eigenvalue weighted by Gasteiger charge is 2.12. The second kappa shape index (κ2) is 7.67. The summed E-state index contributed by atoms with van der Waals surface area (Å²) >= 11 is 1.42. The zero-order valence-corrected chi connectivity index (χ0v) is 17.4. The maximum Gasteiger partial charge on any atom is 0.276 e. The van der Waals surface area contributed by atoms with Crippen molar-refractivity contribution in [1.82, 2.24) is 19.5 Å². The minimum absolute atomic E-state index is 0.104. The molecule has 1 aromatic carbocycles. The quantitative estimate of drug-likeness (QED) is 0.551. The monoisotopic (exact) mass is 406 g/mol. The van der Waals surface area contributed by atoms with E-state index in [-0.39, 0.29) is 11.5 Å². The summed E-state index contributed by atoms with van der Waals surface area (Å²) in [7, 11) is 0. The molecule has 4 aromatic rings. The number of fused-ring (bicyclic) bond motifs is 1. The summed E-state index contributed by atoms with van der Waals surface area (Å²) in [5.41, 5.74) is 5.43. The fourth-order valence-electron chi connectivity index (χ4n) is 3.32. The van der Waals surface area contributed by atoms with E-state index in [1.165, 1.54) is 11.3 Å². The van der Waals surface area contributed by atoms with Crippen LogP contribution in [0.15, 0.2) is 52.9 Å². The van der Waals surface area contributed by atoms with Crippen molar-refractivity contribution >= 4 is 22.8 Å². The summed E-state index contributed by atoms with van der Waals surface area (Å²) in [4.78, 5) is 25.8. The molecule has 3 aromatic heterocycles. The van der Waals surface area contributed by atoms with Gasteiger partial charge in [-0.25, -0.2) is 4.52 Å². The lowest BCUT2D eigenvalue weighted by Gasteiger charge is -2.07. The van der Waals surface area contributed by atoms with Crippen molar-refractivity contribution in [3.8, 4) is 11.3 Å². The van der Waals surface area contributed by atoms with Crippen LogP contribution >= 0.6 is 11.3 Å². The molecule has 1 amide bonds. The van der Waals surface area contributed by atoms with E-state index in [0.29, 0.717) is 23.5 Å². The first kappa shape index (κ1) is 19.1. The predicted octanol–water partition coefficient (Wildman–Crippen LogP) is 3.58. The third kappa shape index (κ3) is 3.73. The van der Waals surface area contributed by atoms with Crippen molar-refractivity contribution < 1.29 is 4.79 Å². The molecule has 7 heteroatoms. The minimum Gasteiger partial charge on any atom is -0.350 e. The normalized spacial score (nSPS) is 11.1. The van der Waals surface area contributed by atoms with Crippen LogP contribution in [0.4, 0.5) is 0 Å². The van der Waals surface area contributed by atoms with E-state index >= 15 is 0 Å². The van der Waals surface area contributed by atoms with Gasteiger partial charge in [0.15, 0.2) is 0 Å². The van der Waals surface area contributed by atoms with Crippen molar-refractivity contribution in [1.29, 1.82) is 0 Å². The Labute approximate surface area is 172 Å². The Balaban J connectivity index is 1.55. The maximum atomic E-state index is 12.9. The number of carbonyl (C=O) groups is 1. The number of nitrogens with one attached hydrogen (secondary N) is 1. The maximum absolute atomic E-state index is 12.9. The molecule has 0 atom stereocenters. The summed E-state index contributed by atoms with van der Waals surface area (Å²) in [6, 6.07) is 9.95. The molecule has 148 valence electrons. The highest BCUT2D eigenvalue weighted by molar-refractivity contribution is 7.12. The lowest BCUT2D eigenvalue weighted by molar-refractivity contribution is 0.0955. The average Bonchev–Trinajstić information content (AvgIpc) is 3.32. The number of hydrogen-bond acceptors (Lipinski definition) is 4. The van der Waals surface area contributed by atoms with Crippen LogP contribution in [0.1, 0.15) is 26.4 Å². The Bertz CT molecular complexity index is 1270. The molecule has 4 rings (SSSR count). The van der Waals surface area contributed by atoms with Crippen molar-refractivity contribution in [2.45, 2.75) is 27.3 Å². The number of carbonyl (C=O) groups excluding carboxylic acids is 1. The topological polar surface area (TPSA) is 68.4 Å². The number of nitrogens with zero attached hydrogens (tertiary/aromatic N) is 3. The van der Waals surface area contributed by atoms with Gasteiger partial charge in [-0.15, -0.1) is 11.3 Å². The minimum atomic E-state index is -0.127. The smallest absolute Gasteiger partial charge is 0.276 e. The van der Waals surface area contributed by atoms with Gasteiger partial charge >= 0.3 is 0 Å². The standard InChI is InChI=1S/C22H22N4O2S/c1-14-4-5-15(2)17(12-14)18-13-19-22(28)25(9-10-26(19)24-18)8-7-23-21(27)20-16(3)6-11-29-20/h4-6,9-13H,7-8H2,1-3H3,(H,23,27). The largest absolute Gasteiger partial charge is 0.350 e. The third-order valence-corrected chi connectivity index (χ3v) is 5.99. The summed E-state index contributed by atoms with van der Waals surface area (Å²) in [5, 5.41) is 9.36. The Morgan fingerprint density at radius 3 is 2.69 bits per heavy atom. The van der Waals surface area contributed by atoms with Gasteiger partial charge in [-0.1, -0.05) is 17.7 Å². The first-order chi connectivity index (χ1) is 13.9. The van der Waals surface area contributed by atoms with E-state index in [4.69, 9.17) is 0 Å². The zero-order chi connectivity index (χ0) is 20.5. The van der Waals surface area contributed by atoms with E-state index in [9.17, 15) is 9.59 Å². The van der Waals surface area contributed by atoms with Crippen LogP contribution in [0, 0.1) is 20.8 Å². The van der Waals surface area contributed by atoms with Crippen LogP contribution in [0.25, 0.3) is 16.8 Å². The Morgan fingerprint density at radius 2 is 1.93 bits per heavy atom. The van der Waals surface area contributed by atoms with Gasteiger partial charge in [-0.3, -0.25) is 9.59 Å². The first-order valence-electron chi connectivity index (χ1n) is 9.43. The van der Waals surface area contributed by atoms with Crippen LogP contribution in [0.2, 0.25) is 0 Å². The molecule has 0 aliphatic heterocycles. The van der Waals surface area contributed by atoms with E-state index in [1.807, 2.05) is 38.3 Å². The number of aromatic nitrogens is 3. The molecule has 3 heterocycles. The molecule has 0 aliphatic carbocycles. The Morgan fingerprint density at radius 1 is 1.10 bits per heavy atom. The van der Waals surface area contributed by atoms with Crippen molar-refractivity contribution in [3.63, 3.8) is 0 Å². The molecule has 29 heavy (non-hydrogen) atoms. The molecule has 0 bridgehead atoms. The number of aryl methyl sites for hydroxylation is 3. The average molecular weight is 407 g/mol. The summed E-state index contributed by atoms with van der Waals surface area (Å²) in [6.45, 7) is 6.77. The Hall–Kier alpha value is -3.19. The summed E-state index contributed by atoms with van der Waals surface area (Å²) < 4.78 is 3.22. The van der Waals surface area contributed by atoms with Gasteiger partial charge in [0.1, 0.15) is 5.52 Å². The van der Waals surface area contributed by atoms with Crippen LogP contribution < -0.4 is 10.9 Å². The second-order valence-corrected chi connectivity index (χ2v) is 8.08. The van der Waals surface area contributed by atoms with Gasteiger partial charge in [0, 0.05) is 31.0 Å². The highest BCUT2D eigenvalue weighted by Crippen LogP contribution is 2.23. The van der Waals surface area contributed by atoms with E-state index in [0.717, 1.165) is 27.9 Å². The molecule has 6 nitrogen and oxygen atoms in total. The number of thiophene rings is 1. The molecule has 0 saturated heterocycles. The van der Waals surface area contributed by atoms with Crippen molar-refractivity contribution in [3.05, 3.63) is 80.0 Å². The fourth-order valence-corrected chi connectivity index (χ4v) is 4.16. The number of amides is 1. The van der Waals surface area contributed by atoms with E-state index in [1.54, 1.807) is 21.5 Å². The number of benzene rings is 1. The van der Waals surface area contributed by atoms with Gasteiger partial charge in [0.2, 0.25) is 0 Å².